The number of aliphatic carboxylic acids is 1. The van der Waals surface area contributed by atoms with Gasteiger partial charge in [-0.2, -0.15) is 0 Å². The zero-order chi connectivity index (χ0) is 12.9. The number of nitrogens with one attached hydrogen (secondary N) is 1. The molecular formula is C12H21NO4. The smallest absolute Gasteiger partial charge is 0.326 e. The molecule has 1 atom stereocenters. The maximum Gasteiger partial charge on any atom is 0.326 e. The van der Waals surface area contributed by atoms with Crippen LogP contribution in [0.4, 0.5) is 0 Å². The van der Waals surface area contributed by atoms with E-state index in [2.05, 4.69) is 5.32 Å². The number of aliphatic hydroxyl groups excluding tert-OH is 1. The van der Waals surface area contributed by atoms with Gasteiger partial charge in [-0.25, -0.2) is 4.79 Å². The highest BCUT2D eigenvalue weighted by atomic mass is 16.4. The van der Waals surface area contributed by atoms with Crippen molar-refractivity contribution in [2.24, 2.45) is 5.41 Å². The van der Waals surface area contributed by atoms with Gasteiger partial charge in [0.1, 0.15) is 6.04 Å². The highest BCUT2D eigenvalue weighted by molar-refractivity contribution is 5.87. The van der Waals surface area contributed by atoms with Crippen molar-refractivity contribution in [1.82, 2.24) is 5.32 Å². The van der Waals surface area contributed by atoms with Gasteiger partial charge in [0.05, 0.1) is 0 Å². The van der Waals surface area contributed by atoms with Crippen molar-refractivity contribution >= 4 is 11.9 Å². The summed E-state index contributed by atoms with van der Waals surface area (Å²) in [4.78, 5) is 22.9. The summed E-state index contributed by atoms with van der Waals surface area (Å²) in [7, 11) is 0. The van der Waals surface area contributed by atoms with Crippen molar-refractivity contribution in [1.29, 1.82) is 0 Å². The van der Waals surface area contributed by atoms with Crippen LogP contribution < -0.4 is 5.32 Å². The molecule has 98 valence electrons. The lowest BCUT2D eigenvalue weighted by molar-refractivity contribution is -0.144. The van der Waals surface area contributed by atoms with E-state index < -0.39 is 17.4 Å². The molecule has 0 spiro atoms. The molecule has 0 unspecified atom stereocenters. The molecule has 1 aliphatic carbocycles. The summed E-state index contributed by atoms with van der Waals surface area (Å²) in [5.74, 6) is -1.29. The van der Waals surface area contributed by atoms with E-state index in [1.165, 1.54) is 0 Å². The predicted octanol–water partition coefficient (Wildman–Crippen LogP) is 0.909. The molecule has 1 saturated carbocycles. The van der Waals surface area contributed by atoms with Crippen LogP contribution in [-0.4, -0.2) is 34.7 Å². The van der Waals surface area contributed by atoms with E-state index in [1.807, 2.05) is 6.92 Å². The molecule has 1 rings (SSSR count). The summed E-state index contributed by atoms with van der Waals surface area (Å²) >= 11 is 0. The number of rotatable bonds is 5. The Morgan fingerprint density at radius 2 is 1.88 bits per heavy atom. The maximum atomic E-state index is 12.1. The monoisotopic (exact) mass is 243 g/mol. The lowest BCUT2D eigenvalue weighted by atomic mass is 9.75. The van der Waals surface area contributed by atoms with Crippen LogP contribution in [0.25, 0.3) is 0 Å². The third-order valence-corrected chi connectivity index (χ3v) is 3.53. The molecule has 0 saturated heterocycles. The van der Waals surface area contributed by atoms with Gasteiger partial charge in [0.15, 0.2) is 0 Å². The number of carboxylic acids is 1. The lowest BCUT2D eigenvalue weighted by Gasteiger charge is -2.33. The second-order valence-electron chi connectivity index (χ2n) is 5.00. The van der Waals surface area contributed by atoms with Crippen LogP contribution in [0.15, 0.2) is 0 Å². The second kappa shape index (κ2) is 6.00. The number of aliphatic hydroxyl groups is 1. The Morgan fingerprint density at radius 1 is 1.29 bits per heavy atom. The Balaban J connectivity index is 2.59. The van der Waals surface area contributed by atoms with Crippen molar-refractivity contribution in [3.63, 3.8) is 0 Å². The maximum absolute atomic E-state index is 12.1. The van der Waals surface area contributed by atoms with Gasteiger partial charge < -0.3 is 15.5 Å². The first-order chi connectivity index (χ1) is 7.99. The largest absolute Gasteiger partial charge is 0.480 e. The molecule has 0 aromatic heterocycles. The Morgan fingerprint density at radius 3 is 2.35 bits per heavy atom. The molecule has 1 amide bonds. The van der Waals surface area contributed by atoms with Gasteiger partial charge in [0.25, 0.3) is 0 Å². The minimum atomic E-state index is -1.09. The topological polar surface area (TPSA) is 86.6 Å². The van der Waals surface area contributed by atoms with Crippen molar-refractivity contribution in [3.8, 4) is 0 Å². The summed E-state index contributed by atoms with van der Waals surface area (Å²) in [5, 5.41) is 20.2. The second-order valence-corrected chi connectivity index (χ2v) is 5.00. The highest BCUT2D eigenvalue weighted by Gasteiger charge is 2.36. The third kappa shape index (κ3) is 3.70. The van der Waals surface area contributed by atoms with Gasteiger partial charge in [-0.3, -0.25) is 4.79 Å². The van der Waals surface area contributed by atoms with Gasteiger partial charge in [0, 0.05) is 18.4 Å². The number of carboxylic acid groups (broad SMARTS) is 1. The van der Waals surface area contributed by atoms with E-state index in [-0.39, 0.29) is 18.9 Å². The quantitative estimate of drug-likeness (QED) is 0.670. The van der Waals surface area contributed by atoms with Crippen molar-refractivity contribution in [2.75, 3.05) is 6.61 Å². The molecule has 0 aromatic rings. The van der Waals surface area contributed by atoms with Gasteiger partial charge in [-0.05, 0) is 12.8 Å². The zero-order valence-electron chi connectivity index (χ0n) is 10.2. The fourth-order valence-corrected chi connectivity index (χ4v) is 2.28. The molecular weight excluding hydrogens is 222 g/mol. The average Bonchev–Trinajstić information content (AvgIpc) is 2.29. The molecule has 0 heterocycles. The fraction of sp³-hybridized carbons (Fsp3) is 0.833. The van der Waals surface area contributed by atoms with Gasteiger partial charge in [-0.1, -0.05) is 26.2 Å². The van der Waals surface area contributed by atoms with Crippen molar-refractivity contribution in [2.45, 2.75) is 51.5 Å². The highest BCUT2D eigenvalue weighted by Crippen LogP contribution is 2.35. The molecule has 17 heavy (non-hydrogen) atoms. The Hall–Kier alpha value is -1.10. The minimum Gasteiger partial charge on any atom is -0.480 e. The van der Waals surface area contributed by atoms with E-state index >= 15 is 0 Å². The number of carbonyl (C=O) groups is 2. The first-order valence-corrected chi connectivity index (χ1v) is 6.14. The SMILES string of the molecule is CC1(C(=O)N[C@@H](CCO)C(=O)O)CCCCC1. The molecule has 3 N–H and O–H groups in total. The Kier molecular flexibility index (Phi) is 4.93. The average molecular weight is 243 g/mol. The molecule has 5 nitrogen and oxygen atoms in total. The van der Waals surface area contributed by atoms with Gasteiger partial charge in [-0.15, -0.1) is 0 Å². The summed E-state index contributed by atoms with van der Waals surface area (Å²) < 4.78 is 0. The number of carbonyl (C=O) groups excluding carboxylic acids is 1. The Labute approximate surface area is 101 Å². The van der Waals surface area contributed by atoms with Crippen LogP contribution in [0.2, 0.25) is 0 Å². The van der Waals surface area contributed by atoms with Gasteiger partial charge >= 0.3 is 5.97 Å². The normalized spacial score (nSPS) is 20.6. The predicted molar refractivity (Wildman–Crippen MR) is 62.5 cm³/mol. The minimum absolute atomic E-state index is 0.0527. The van der Waals surface area contributed by atoms with Crippen LogP contribution in [0, 0.1) is 5.41 Å². The van der Waals surface area contributed by atoms with E-state index in [1.54, 1.807) is 0 Å². The molecule has 0 aliphatic heterocycles. The standard InChI is InChI=1S/C12H21NO4/c1-12(6-3-2-4-7-12)11(17)13-9(5-8-14)10(15)16/h9,14H,2-8H2,1H3,(H,13,17)(H,15,16)/t9-/m0/s1. The van der Waals surface area contributed by atoms with Crippen LogP contribution >= 0.6 is 0 Å². The van der Waals surface area contributed by atoms with Crippen molar-refractivity contribution < 1.29 is 19.8 Å². The number of hydrogen-bond acceptors (Lipinski definition) is 3. The van der Waals surface area contributed by atoms with Crippen LogP contribution in [0.1, 0.15) is 45.4 Å². The molecule has 0 aromatic carbocycles. The van der Waals surface area contributed by atoms with Gasteiger partial charge in [0.2, 0.25) is 5.91 Å². The number of amides is 1. The van der Waals surface area contributed by atoms with Crippen molar-refractivity contribution in [3.05, 3.63) is 0 Å². The van der Waals surface area contributed by atoms with Crippen LogP contribution in [0.5, 0.6) is 0 Å². The first-order valence-electron chi connectivity index (χ1n) is 6.14. The van der Waals surface area contributed by atoms with Crippen LogP contribution in [0.3, 0.4) is 0 Å². The first kappa shape index (κ1) is 14.0. The number of hydrogen-bond donors (Lipinski definition) is 3. The van der Waals surface area contributed by atoms with E-state index in [0.29, 0.717) is 0 Å². The lowest BCUT2D eigenvalue weighted by Crippen LogP contribution is -2.48. The van der Waals surface area contributed by atoms with E-state index in [0.717, 1.165) is 32.1 Å². The summed E-state index contributed by atoms with van der Waals surface area (Å²) in [6.45, 7) is 1.65. The molecule has 0 radical (unpaired) electrons. The third-order valence-electron chi connectivity index (χ3n) is 3.53. The summed E-state index contributed by atoms with van der Waals surface area (Å²) in [6, 6.07) is -0.980. The molecule has 5 heteroatoms. The molecule has 0 bridgehead atoms. The fourth-order valence-electron chi connectivity index (χ4n) is 2.28. The Bertz CT molecular complexity index is 284. The molecule has 1 aliphatic rings. The zero-order valence-corrected chi connectivity index (χ0v) is 10.2. The summed E-state index contributed by atoms with van der Waals surface area (Å²) in [6.07, 6.45) is 4.84. The van der Waals surface area contributed by atoms with E-state index in [4.69, 9.17) is 10.2 Å². The molecule has 1 fully saturated rings. The van der Waals surface area contributed by atoms with Crippen LogP contribution in [-0.2, 0) is 9.59 Å². The van der Waals surface area contributed by atoms with E-state index in [9.17, 15) is 9.59 Å². The summed E-state index contributed by atoms with van der Waals surface area (Å²) in [5.41, 5.74) is -0.443.